The molecule has 1 N–H and O–H groups in total. The van der Waals surface area contributed by atoms with Crippen LogP contribution in [0.3, 0.4) is 0 Å². The first-order valence-electron chi connectivity index (χ1n) is 6.48. The molecule has 0 bridgehead atoms. The molecule has 8 heteroatoms. The number of sulfonamides is 1. The molecular formula is C13H19NO5S2. The standard InChI is InChI=1S/C13H19NO5S2/c1-9-4-5-11(6-10(9)2)21(18,19)14(3)12-7-20(16,17)8-13(12)15/h4-6,12-13,15H,7-8H2,1-3H3/t12-,13-/m1/s1. The lowest BCUT2D eigenvalue weighted by atomic mass is 10.1. The predicted octanol–water partition coefficient (Wildman–Crippen LogP) is 0.0818. The van der Waals surface area contributed by atoms with E-state index < -0.39 is 37.8 Å². The van der Waals surface area contributed by atoms with Gasteiger partial charge >= 0.3 is 0 Å². The molecule has 0 unspecified atom stereocenters. The van der Waals surface area contributed by atoms with Crippen molar-refractivity contribution >= 4 is 19.9 Å². The Morgan fingerprint density at radius 1 is 1.19 bits per heavy atom. The van der Waals surface area contributed by atoms with Crippen LogP contribution in [0.4, 0.5) is 0 Å². The largest absolute Gasteiger partial charge is 0.390 e. The summed E-state index contributed by atoms with van der Waals surface area (Å²) >= 11 is 0. The van der Waals surface area contributed by atoms with E-state index in [4.69, 9.17) is 0 Å². The zero-order valence-corrected chi connectivity index (χ0v) is 13.8. The summed E-state index contributed by atoms with van der Waals surface area (Å²) in [6.45, 7) is 3.69. The number of rotatable bonds is 3. The van der Waals surface area contributed by atoms with E-state index in [1.54, 1.807) is 12.1 Å². The van der Waals surface area contributed by atoms with Gasteiger partial charge in [0.1, 0.15) is 0 Å². The molecule has 1 aliphatic heterocycles. The summed E-state index contributed by atoms with van der Waals surface area (Å²) in [6.07, 6.45) is -1.19. The summed E-state index contributed by atoms with van der Waals surface area (Å²) in [6, 6.07) is 3.81. The van der Waals surface area contributed by atoms with Crippen molar-refractivity contribution in [3.05, 3.63) is 29.3 Å². The van der Waals surface area contributed by atoms with Gasteiger partial charge in [0.25, 0.3) is 0 Å². The van der Waals surface area contributed by atoms with Crippen LogP contribution >= 0.6 is 0 Å². The van der Waals surface area contributed by atoms with Crippen LogP contribution in [0.15, 0.2) is 23.1 Å². The fraction of sp³-hybridized carbons (Fsp3) is 0.538. The first-order valence-corrected chi connectivity index (χ1v) is 9.74. The fourth-order valence-electron chi connectivity index (χ4n) is 2.38. The molecule has 2 rings (SSSR count). The van der Waals surface area contributed by atoms with Crippen molar-refractivity contribution in [1.82, 2.24) is 4.31 Å². The molecule has 1 aromatic carbocycles. The second-order valence-corrected chi connectivity index (χ2v) is 9.63. The van der Waals surface area contributed by atoms with Crippen LogP contribution in [0.1, 0.15) is 11.1 Å². The van der Waals surface area contributed by atoms with Gasteiger partial charge in [-0.15, -0.1) is 0 Å². The van der Waals surface area contributed by atoms with Gasteiger partial charge in [0.15, 0.2) is 9.84 Å². The Labute approximate surface area is 125 Å². The molecule has 1 fully saturated rings. The van der Waals surface area contributed by atoms with E-state index in [2.05, 4.69) is 0 Å². The van der Waals surface area contributed by atoms with E-state index in [1.165, 1.54) is 13.1 Å². The maximum atomic E-state index is 12.6. The fourth-order valence-corrected chi connectivity index (χ4v) is 5.79. The van der Waals surface area contributed by atoms with Crippen molar-refractivity contribution in [2.75, 3.05) is 18.6 Å². The maximum Gasteiger partial charge on any atom is 0.243 e. The second kappa shape index (κ2) is 5.35. The van der Waals surface area contributed by atoms with Gasteiger partial charge in [-0.2, -0.15) is 4.31 Å². The number of aliphatic hydroxyl groups excluding tert-OH is 1. The van der Waals surface area contributed by atoms with Crippen molar-refractivity contribution in [2.24, 2.45) is 0 Å². The third-order valence-electron chi connectivity index (χ3n) is 3.92. The number of nitrogens with zero attached hydrogens (tertiary/aromatic N) is 1. The molecule has 6 nitrogen and oxygen atoms in total. The molecule has 0 radical (unpaired) electrons. The molecule has 0 aliphatic carbocycles. The van der Waals surface area contributed by atoms with E-state index in [9.17, 15) is 21.9 Å². The van der Waals surface area contributed by atoms with Gasteiger partial charge in [0, 0.05) is 7.05 Å². The van der Waals surface area contributed by atoms with Crippen molar-refractivity contribution < 1.29 is 21.9 Å². The van der Waals surface area contributed by atoms with Gasteiger partial charge in [-0.25, -0.2) is 16.8 Å². The Kier molecular flexibility index (Phi) is 4.18. The molecule has 0 aromatic heterocycles. The van der Waals surface area contributed by atoms with Gasteiger partial charge in [-0.3, -0.25) is 0 Å². The molecule has 0 saturated carbocycles. The Bertz CT molecular complexity index is 755. The van der Waals surface area contributed by atoms with Crippen LogP contribution in [0.25, 0.3) is 0 Å². The number of benzene rings is 1. The number of aliphatic hydroxyl groups is 1. The number of hydrogen-bond donors (Lipinski definition) is 1. The minimum absolute atomic E-state index is 0.101. The van der Waals surface area contributed by atoms with Crippen molar-refractivity contribution in [1.29, 1.82) is 0 Å². The number of likely N-dealkylation sites (N-methyl/N-ethyl adjacent to an activating group) is 1. The SMILES string of the molecule is Cc1ccc(S(=O)(=O)N(C)[C@@H]2CS(=O)(=O)C[C@H]2O)cc1C. The summed E-state index contributed by atoms with van der Waals surface area (Å²) in [4.78, 5) is 0.101. The van der Waals surface area contributed by atoms with Gasteiger partial charge < -0.3 is 5.11 Å². The van der Waals surface area contributed by atoms with E-state index in [0.29, 0.717) is 0 Å². The van der Waals surface area contributed by atoms with E-state index >= 15 is 0 Å². The highest BCUT2D eigenvalue weighted by Crippen LogP contribution is 2.25. The Morgan fingerprint density at radius 3 is 2.29 bits per heavy atom. The molecule has 1 aromatic rings. The van der Waals surface area contributed by atoms with E-state index in [-0.39, 0.29) is 10.6 Å². The molecule has 2 atom stereocenters. The summed E-state index contributed by atoms with van der Waals surface area (Å²) < 4.78 is 49.2. The molecule has 118 valence electrons. The molecular weight excluding hydrogens is 314 g/mol. The lowest BCUT2D eigenvalue weighted by Crippen LogP contribution is -2.44. The third-order valence-corrected chi connectivity index (χ3v) is 7.49. The van der Waals surface area contributed by atoms with Crippen LogP contribution in [-0.2, 0) is 19.9 Å². The van der Waals surface area contributed by atoms with Crippen molar-refractivity contribution in [3.8, 4) is 0 Å². The molecule has 1 heterocycles. The lowest BCUT2D eigenvalue weighted by molar-refractivity contribution is 0.137. The number of aryl methyl sites for hydroxylation is 2. The zero-order valence-electron chi connectivity index (χ0n) is 12.1. The monoisotopic (exact) mass is 333 g/mol. The third kappa shape index (κ3) is 3.13. The number of sulfone groups is 1. The molecule has 0 spiro atoms. The average molecular weight is 333 g/mol. The highest BCUT2D eigenvalue weighted by molar-refractivity contribution is 7.92. The Balaban J connectivity index is 2.37. The van der Waals surface area contributed by atoms with E-state index in [0.717, 1.165) is 15.4 Å². The maximum absolute atomic E-state index is 12.6. The minimum Gasteiger partial charge on any atom is -0.390 e. The average Bonchev–Trinajstić information content (AvgIpc) is 2.65. The summed E-state index contributed by atoms with van der Waals surface area (Å²) in [5.41, 5.74) is 1.81. The van der Waals surface area contributed by atoms with Crippen LogP contribution in [0, 0.1) is 13.8 Å². The van der Waals surface area contributed by atoms with Crippen molar-refractivity contribution in [3.63, 3.8) is 0 Å². The first kappa shape index (κ1) is 16.4. The lowest BCUT2D eigenvalue weighted by Gasteiger charge is -2.25. The molecule has 1 aliphatic rings. The van der Waals surface area contributed by atoms with E-state index in [1.807, 2.05) is 13.8 Å². The highest BCUT2D eigenvalue weighted by Gasteiger charge is 2.42. The van der Waals surface area contributed by atoms with Crippen LogP contribution in [-0.4, -0.2) is 56.9 Å². The van der Waals surface area contributed by atoms with Crippen molar-refractivity contribution in [2.45, 2.75) is 30.9 Å². The highest BCUT2D eigenvalue weighted by atomic mass is 32.2. The van der Waals surface area contributed by atoms with Gasteiger partial charge in [0.2, 0.25) is 10.0 Å². The number of hydrogen-bond acceptors (Lipinski definition) is 5. The van der Waals surface area contributed by atoms with Gasteiger partial charge in [0.05, 0.1) is 28.5 Å². The van der Waals surface area contributed by atoms with Crippen LogP contribution in [0.2, 0.25) is 0 Å². The normalized spacial score (nSPS) is 25.4. The summed E-state index contributed by atoms with van der Waals surface area (Å²) in [5, 5.41) is 9.82. The topological polar surface area (TPSA) is 91.8 Å². The summed E-state index contributed by atoms with van der Waals surface area (Å²) in [5.74, 6) is -0.751. The second-order valence-electron chi connectivity index (χ2n) is 5.48. The molecule has 1 saturated heterocycles. The first-order chi connectivity index (χ1) is 9.54. The Morgan fingerprint density at radius 2 is 1.81 bits per heavy atom. The Hall–Kier alpha value is -0.960. The quantitative estimate of drug-likeness (QED) is 0.846. The smallest absolute Gasteiger partial charge is 0.243 e. The van der Waals surface area contributed by atoms with Gasteiger partial charge in [-0.05, 0) is 37.1 Å². The predicted molar refractivity (Wildman–Crippen MR) is 79.3 cm³/mol. The summed E-state index contributed by atoms with van der Waals surface area (Å²) in [7, 11) is -5.93. The zero-order chi connectivity index (χ0) is 16.0. The molecule has 21 heavy (non-hydrogen) atoms. The van der Waals surface area contributed by atoms with Gasteiger partial charge in [-0.1, -0.05) is 6.07 Å². The van der Waals surface area contributed by atoms with Crippen LogP contribution in [0.5, 0.6) is 0 Å². The molecule has 0 amide bonds. The van der Waals surface area contributed by atoms with Crippen LogP contribution < -0.4 is 0 Å². The minimum atomic E-state index is -3.84.